The number of nitrogens with zero attached hydrogens (tertiary/aromatic N) is 1. The Balaban J connectivity index is 1.50. The molecule has 0 unspecified atom stereocenters. The van der Waals surface area contributed by atoms with Crippen LogP contribution in [0.2, 0.25) is 0 Å². The standard InChI is InChI=1S/C25H20N2O5/c1-2-24(29)26-17-11-9-16(10-12-17)22(28)15-32-25(30)19-14-21(23-8-5-13-31-23)27-20-7-4-3-6-18(19)20/h3-14H,2,15H2,1H3,(H,26,29). The molecular formula is C25H20N2O5. The van der Waals surface area contributed by atoms with Gasteiger partial charge in [0.25, 0.3) is 0 Å². The molecule has 2 heterocycles. The van der Waals surface area contributed by atoms with Crippen molar-refractivity contribution in [3.63, 3.8) is 0 Å². The fourth-order valence-electron chi connectivity index (χ4n) is 3.18. The van der Waals surface area contributed by atoms with Crippen molar-refractivity contribution in [1.82, 2.24) is 4.98 Å². The van der Waals surface area contributed by atoms with E-state index in [4.69, 9.17) is 9.15 Å². The summed E-state index contributed by atoms with van der Waals surface area (Å²) in [6.07, 6.45) is 1.89. The summed E-state index contributed by atoms with van der Waals surface area (Å²) in [5, 5.41) is 3.34. The van der Waals surface area contributed by atoms with Gasteiger partial charge in [0.2, 0.25) is 5.91 Å². The summed E-state index contributed by atoms with van der Waals surface area (Å²) in [5.41, 5.74) is 2.38. The highest BCUT2D eigenvalue weighted by Crippen LogP contribution is 2.25. The maximum atomic E-state index is 12.8. The van der Waals surface area contributed by atoms with E-state index in [1.165, 1.54) is 6.26 Å². The third-order valence-corrected chi connectivity index (χ3v) is 4.86. The monoisotopic (exact) mass is 428 g/mol. The Bertz CT molecular complexity index is 1280. The molecule has 0 bridgehead atoms. The van der Waals surface area contributed by atoms with Gasteiger partial charge in [0, 0.05) is 23.1 Å². The number of Topliss-reactive ketones (excluding diaryl/α,β-unsaturated/α-hetero) is 1. The van der Waals surface area contributed by atoms with Crippen LogP contribution in [0, 0.1) is 0 Å². The number of pyridine rings is 1. The van der Waals surface area contributed by atoms with Crippen molar-refractivity contribution in [2.75, 3.05) is 11.9 Å². The first kappa shape index (κ1) is 21.0. The molecule has 0 atom stereocenters. The van der Waals surface area contributed by atoms with Crippen LogP contribution in [-0.2, 0) is 9.53 Å². The van der Waals surface area contributed by atoms with Crippen molar-refractivity contribution < 1.29 is 23.5 Å². The van der Waals surface area contributed by atoms with Gasteiger partial charge in [-0.05, 0) is 48.5 Å². The summed E-state index contributed by atoms with van der Waals surface area (Å²) >= 11 is 0. The maximum Gasteiger partial charge on any atom is 0.339 e. The predicted octanol–water partition coefficient (Wildman–Crippen LogP) is 4.88. The number of carbonyl (C=O) groups excluding carboxylic acids is 3. The van der Waals surface area contributed by atoms with E-state index < -0.39 is 12.6 Å². The molecule has 0 radical (unpaired) electrons. The zero-order chi connectivity index (χ0) is 22.5. The second-order valence-corrected chi connectivity index (χ2v) is 7.03. The maximum absolute atomic E-state index is 12.8. The van der Waals surface area contributed by atoms with E-state index in [1.807, 2.05) is 6.07 Å². The Labute approximate surface area is 184 Å². The van der Waals surface area contributed by atoms with E-state index in [2.05, 4.69) is 10.3 Å². The van der Waals surface area contributed by atoms with Crippen LogP contribution < -0.4 is 5.32 Å². The molecule has 1 amide bonds. The lowest BCUT2D eigenvalue weighted by atomic mass is 10.1. The number of amides is 1. The minimum atomic E-state index is -0.628. The quantitative estimate of drug-likeness (QED) is 0.333. The van der Waals surface area contributed by atoms with E-state index >= 15 is 0 Å². The molecular weight excluding hydrogens is 408 g/mol. The Morgan fingerprint density at radius 3 is 2.50 bits per heavy atom. The van der Waals surface area contributed by atoms with Gasteiger partial charge < -0.3 is 14.5 Å². The summed E-state index contributed by atoms with van der Waals surface area (Å²) in [7, 11) is 0. The number of ether oxygens (including phenoxy) is 1. The number of nitrogens with one attached hydrogen (secondary N) is 1. The number of furan rings is 1. The number of carbonyl (C=O) groups is 3. The summed E-state index contributed by atoms with van der Waals surface area (Å²) in [4.78, 5) is 41.3. The van der Waals surface area contributed by atoms with Gasteiger partial charge in [0.1, 0.15) is 5.69 Å². The van der Waals surface area contributed by atoms with E-state index in [9.17, 15) is 14.4 Å². The summed E-state index contributed by atoms with van der Waals surface area (Å²) in [6.45, 7) is 1.34. The molecule has 2 aromatic carbocycles. The molecule has 1 N–H and O–H groups in total. The highest BCUT2D eigenvalue weighted by Gasteiger charge is 2.18. The normalized spacial score (nSPS) is 10.7. The summed E-state index contributed by atoms with van der Waals surface area (Å²) < 4.78 is 10.7. The number of benzene rings is 2. The van der Waals surface area contributed by atoms with Crippen LogP contribution in [0.4, 0.5) is 5.69 Å². The summed E-state index contributed by atoms with van der Waals surface area (Å²) in [5.74, 6) is -0.569. The predicted molar refractivity (Wildman–Crippen MR) is 119 cm³/mol. The molecule has 0 saturated carbocycles. The van der Waals surface area contributed by atoms with Crippen molar-refractivity contribution in [1.29, 1.82) is 0 Å². The second kappa shape index (κ2) is 9.26. The number of hydrogen-bond donors (Lipinski definition) is 1. The fraction of sp³-hybridized carbons (Fsp3) is 0.120. The SMILES string of the molecule is CCC(=O)Nc1ccc(C(=O)COC(=O)c2cc(-c3ccco3)nc3ccccc23)cc1. The van der Waals surface area contributed by atoms with Crippen LogP contribution in [0.5, 0.6) is 0 Å². The van der Waals surface area contributed by atoms with E-state index in [0.29, 0.717) is 45.6 Å². The van der Waals surface area contributed by atoms with Gasteiger partial charge in [0.05, 0.1) is 17.3 Å². The first-order valence-corrected chi connectivity index (χ1v) is 10.1. The average Bonchev–Trinajstić information content (AvgIpc) is 3.37. The van der Waals surface area contributed by atoms with Gasteiger partial charge in [-0.1, -0.05) is 25.1 Å². The molecule has 7 heteroatoms. The molecule has 4 rings (SSSR count). The summed E-state index contributed by atoms with van der Waals surface area (Å²) in [6, 6.07) is 18.7. The molecule has 0 spiro atoms. The number of aromatic nitrogens is 1. The first-order valence-electron chi connectivity index (χ1n) is 10.1. The number of rotatable bonds is 7. The Hall–Kier alpha value is -4.26. The van der Waals surface area contributed by atoms with Gasteiger partial charge in [-0.3, -0.25) is 9.59 Å². The number of hydrogen-bond acceptors (Lipinski definition) is 6. The molecule has 0 aliphatic heterocycles. The van der Waals surface area contributed by atoms with Crippen LogP contribution in [0.15, 0.2) is 77.4 Å². The number of esters is 1. The first-order chi connectivity index (χ1) is 15.5. The van der Waals surface area contributed by atoms with Crippen molar-refractivity contribution in [3.8, 4) is 11.5 Å². The minimum Gasteiger partial charge on any atom is -0.463 e. The average molecular weight is 428 g/mol. The van der Waals surface area contributed by atoms with E-state index in [1.54, 1.807) is 67.6 Å². The van der Waals surface area contributed by atoms with E-state index in [0.717, 1.165) is 0 Å². The van der Waals surface area contributed by atoms with Crippen molar-refractivity contribution >= 4 is 34.3 Å². The molecule has 0 aliphatic rings. The smallest absolute Gasteiger partial charge is 0.339 e. The number of para-hydroxylation sites is 1. The lowest BCUT2D eigenvalue weighted by Gasteiger charge is -2.09. The number of ketones is 1. The highest BCUT2D eigenvalue weighted by atomic mass is 16.5. The number of anilines is 1. The molecule has 2 aromatic heterocycles. The molecule has 0 fully saturated rings. The third kappa shape index (κ3) is 4.57. The minimum absolute atomic E-state index is 0.114. The Morgan fingerprint density at radius 2 is 1.78 bits per heavy atom. The highest BCUT2D eigenvalue weighted by molar-refractivity contribution is 6.06. The zero-order valence-corrected chi connectivity index (χ0v) is 17.3. The molecule has 4 aromatic rings. The lowest BCUT2D eigenvalue weighted by molar-refractivity contribution is -0.115. The van der Waals surface area contributed by atoms with Gasteiger partial charge >= 0.3 is 5.97 Å². The third-order valence-electron chi connectivity index (χ3n) is 4.86. The largest absolute Gasteiger partial charge is 0.463 e. The molecule has 0 aliphatic carbocycles. The lowest BCUT2D eigenvalue weighted by Crippen LogP contribution is -2.15. The second-order valence-electron chi connectivity index (χ2n) is 7.03. The van der Waals surface area contributed by atoms with Gasteiger partial charge in [-0.25, -0.2) is 9.78 Å². The van der Waals surface area contributed by atoms with Crippen molar-refractivity contribution in [2.24, 2.45) is 0 Å². The van der Waals surface area contributed by atoms with Crippen LogP contribution in [0.25, 0.3) is 22.4 Å². The van der Waals surface area contributed by atoms with Crippen molar-refractivity contribution in [2.45, 2.75) is 13.3 Å². The molecule has 160 valence electrons. The van der Waals surface area contributed by atoms with Crippen molar-refractivity contribution in [3.05, 3.63) is 84.1 Å². The van der Waals surface area contributed by atoms with E-state index in [-0.39, 0.29) is 11.7 Å². The molecule has 0 saturated heterocycles. The molecule has 32 heavy (non-hydrogen) atoms. The molecule has 7 nitrogen and oxygen atoms in total. The van der Waals surface area contributed by atoms with Gasteiger partial charge in [-0.15, -0.1) is 0 Å². The Kier molecular flexibility index (Phi) is 6.07. The van der Waals surface area contributed by atoms with Crippen LogP contribution >= 0.6 is 0 Å². The topological polar surface area (TPSA) is 98.5 Å². The van der Waals surface area contributed by atoms with Gasteiger partial charge in [0.15, 0.2) is 18.2 Å². The fourth-order valence-corrected chi connectivity index (χ4v) is 3.18. The zero-order valence-electron chi connectivity index (χ0n) is 17.3. The van der Waals surface area contributed by atoms with Crippen LogP contribution in [-0.4, -0.2) is 29.3 Å². The van der Waals surface area contributed by atoms with Crippen LogP contribution in [0.3, 0.4) is 0 Å². The Morgan fingerprint density at radius 1 is 1.00 bits per heavy atom. The number of fused-ring (bicyclic) bond motifs is 1. The van der Waals surface area contributed by atoms with Gasteiger partial charge in [-0.2, -0.15) is 0 Å². The van der Waals surface area contributed by atoms with Crippen LogP contribution in [0.1, 0.15) is 34.1 Å².